The van der Waals surface area contributed by atoms with Crippen LogP contribution in [0.25, 0.3) is 11.2 Å². The van der Waals surface area contributed by atoms with Crippen molar-refractivity contribution < 1.29 is 4.42 Å². The van der Waals surface area contributed by atoms with Crippen molar-refractivity contribution in [2.75, 3.05) is 26.2 Å². The fraction of sp³-hybridized carbons (Fsp3) is 0.412. The molecule has 3 aromatic heterocycles. The Morgan fingerprint density at radius 2 is 2.04 bits per heavy atom. The first-order valence-corrected chi connectivity index (χ1v) is 8.08. The Kier molecular flexibility index (Phi) is 3.85. The highest BCUT2D eigenvalue weighted by Crippen LogP contribution is 2.18. The summed E-state index contributed by atoms with van der Waals surface area (Å²) < 4.78 is 7.93. The van der Waals surface area contributed by atoms with Crippen molar-refractivity contribution in [3.05, 3.63) is 47.8 Å². The van der Waals surface area contributed by atoms with Crippen molar-refractivity contribution in [3.8, 4) is 0 Å². The highest BCUT2D eigenvalue weighted by molar-refractivity contribution is 5.71. The molecule has 0 spiro atoms. The van der Waals surface area contributed by atoms with Crippen LogP contribution in [0.2, 0.25) is 0 Å². The van der Waals surface area contributed by atoms with E-state index in [2.05, 4.69) is 19.8 Å². The van der Waals surface area contributed by atoms with Crippen LogP contribution in [0.4, 0.5) is 0 Å². The van der Waals surface area contributed by atoms with E-state index in [9.17, 15) is 0 Å². The average Bonchev–Trinajstić information content (AvgIpc) is 3.13. The number of fused-ring (bicyclic) bond motifs is 1. The van der Waals surface area contributed by atoms with E-state index < -0.39 is 0 Å². The van der Waals surface area contributed by atoms with Crippen molar-refractivity contribution in [1.29, 1.82) is 0 Å². The maximum absolute atomic E-state index is 5.75. The fourth-order valence-corrected chi connectivity index (χ4v) is 3.09. The Bertz CT molecular complexity index is 800. The van der Waals surface area contributed by atoms with Gasteiger partial charge in [0, 0.05) is 32.4 Å². The lowest BCUT2D eigenvalue weighted by atomic mass is 10.3. The first kappa shape index (κ1) is 14.4. The molecular formula is C17H21N5O. The number of rotatable bonds is 4. The number of piperazine rings is 1. The summed E-state index contributed by atoms with van der Waals surface area (Å²) in [5.74, 6) is 2.92. The van der Waals surface area contributed by atoms with Crippen molar-refractivity contribution in [2.45, 2.75) is 20.0 Å². The van der Waals surface area contributed by atoms with Crippen molar-refractivity contribution in [2.24, 2.45) is 0 Å². The van der Waals surface area contributed by atoms with Crippen LogP contribution < -0.4 is 5.32 Å². The van der Waals surface area contributed by atoms with Crippen LogP contribution in [-0.2, 0) is 13.1 Å². The molecule has 0 amide bonds. The third-order valence-corrected chi connectivity index (χ3v) is 4.27. The van der Waals surface area contributed by atoms with Gasteiger partial charge in [0.25, 0.3) is 0 Å². The van der Waals surface area contributed by atoms with Crippen LogP contribution >= 0.6 is 0 Å². The van der Waals surface area contributed by atoms with Gasteiger partial charge in [-0.2, -0.15) is 0 Å². The Morgan fingerprint density at radius 3 is 2.83 bits per heavy atom. The molecule has 0 saturated carbocycles. The second kappa shape index (κ2) is 6.14. The van der Waals surface area contributed by atoms with Crippen LogP contribution in [0.5, 0.6) is 0 Å². The number of hydrogen-bond acceptors (Lipinski definition) is 5. The maximum Gasteiger partial charge on any atom is 0.160 e. The number of aromatic nitrogens is 3. The predicted octanol–water partition coefficient (Wildman–Crippen LogP) is 1.79. The van der Waals surface area contributed by atoms with Crippen LogP contribution in [0.15, 0.2) is 34.9 Å². The van der Waals surface area contributed by atoms with Crippen LogP contribution in [0.3, 0.4) is 0 Å². The number of nitrogens with zero attached hydrogens (tertiary/aromatic N) is 4. The minimum atomic E-state index is 0.669. The summed E-state index contributed by atoms with van der Waals surface area (Å²) in [6.45, 7) is 7.66. The molecule has 3 aromatic rings. The van der Waals surface area contributed by atoms with E-state index in [1.807, 2.05) is 37.4 Å². The zero-order valence-corrected chi connectivity index (χ0v) is 13.3. The maximum atomic E-state index is 5.75. The number of nitrogens with one attached hydrogen (secondary N) is 1. The van der Waals surface area contributed by atoms with Gasteiger partial charge in [-0.1, -0.05) is 0 Å². The SMILES string of the molecule is Cc1ccc(Cn2c(CN3CCNCC3)nc3cccnc32)o1. The minimum Gasteiger partial charge on any atom is -0.464 e. The van der Waals surface area contributed by atoms with Gasteiger partial charge in [-0.3, -0.25) is 4.90 Å². The van der Waals surface area contributed by atoms with E-state index in [-0.39, 0.29) is 0 Å². The van der Waals surface area contributed by atoms with Crippen LogP contribution in [0, 0.1) is 6.92 Å². The molecule has 4 rings (SSSR count). The number of hydrogen-bond donors (Lipinski definition) is 1. The first-order chi connectivity index (χ1) is 11.3. The molecule has 0 unspecified atom stereocenters. The standard InChI is InChI=1S/C17H21N5O/c1-13-4-5-14(23-13)11-22-16(12-21-9-7-18-8-10-21)20-15-3-2-6-19-17(15)22/h2-6,18H,7-12H2,1H3. The van der Waals surface area contributed by atoms with E-state index in [1.54, 1.807) is 0 Å². The monoisotopic (exact) mass is 311 g/mol. The summed E-state index contributed by atoms with van der Waals surface area (Å²) in [5, 5.41) is 3.39. The van der Waals surface area contributed by atoms with Gasteiger partial charge < -0.3 is 14.3 Å². The quantitative estimate of drug-likeness (QED) is 0.796. The third kappa shape index (κ3) is 3.00. The fourth-order valence-electron chi connectivity index (χ4n) is 3.09. The molecule has 0 radical (unpaired) electrons. The van der Waals surface area contributed by atoms with E-state index >= 15 is 0 Å². The molecule has 6 nitrogen and oxygen atoms in total. The van der Waals surface area contributed by atoms with Gasteiger partial charge in [0.1, 0.15) is 22.9 Å². The van der Waals surface area contributed by atoms with E-state index in [4.69, 9.17) is 9.40 Å². The summed E-state index contributed by atoms with van der Waals surface area (Å²) in [4.78, 5) is 11.8. The lowest BCUT2D eigenvalue weighted by Crippen LogP contribution is -2.43. The Morgan fingerprint density at radius 1 is 1.17 bits per heavy atom. The number of furan rings is 1. The molecule has 1 fully saturated rings. The molecule has 23 heavy (non-hydrogen) atoms. The van der Waals surface area contributed by atoms with E-state index in [1.165, 1.54) is 0 Å². The second-order valence-electron chi connectivity index (χ2n) is 6.00. The van der Waals surface area contributed by atoms with Gasteiger partial charge in [-0.25, -0.2) is 9.97 Å². The molecule has 120 valence electrons. The topological polar surface area (TPSA) is 59.1 Å². The Hall–Kier alpha value is -2.18. The smallest absolute Gasteiger partial charge is 0.160 e. The molecule has 1 saturated heterocycles. The molecule has 0 bridgehead atoms. The molecule has 0 aromatic carbocycles. The molecule has 6 heteroatoms. The van der Waals surface area contributed by atoms with Crippen molar-refractivity contribution in [3.63, 3.8) is 0 Å². The zero-order valence-electron chi connectivity index (χ0n) is 13.3. The summed E-state index contributed by atoms with van der Waals surface area (Å²) in [7, 11) is 0. The van der Waals surface area contributed by atoms with Crippen molar-refractivity contribution >= 4 is 11.2 Å². The minimum absolute atomic E-state index is 0.669. The van der Waals surface area contributed by atoms with Crippen LogP contribution in [0.1, 0.15) is 17.3 Å². The van der Waals surface area contributed by atoms with Gasteiger partial charge >= 0.3 is 0 Å². The first-order valence-electron chi connectivity index (χ1n) is 8.08. The molecule has 4 heterocycles. The third-order valence-electron chi connectivity index (χ3n) is 4.27. The lowest BCUT2D eigenvalue weighted by Gasteiger charge is -2.26. The largest absolute Gasteiger partial charge is 0.464 e. The van der Waals surface area contributed by atoms with Crippen molar-refractivity contribution in [1.82, 2.24) is 24.8 Å². The predicted molar refractivity (Wildman–Crippen MR) is 88.2 cm³/mol. The molecule has 1 aliphatic rings. The Labute approximate surface area is 135 Å². The summed E-state index contributed by atoms with van der Waals surface area (Å²) in [5.41, 5.74) is 1.87. The molecule has 0 aliphatic carbocycles. The average molecular weight is 311 g/mol. The normalized spacial score (nSPS) is 16.2. The van der Waals surface area contributed by atoms with Crippen LogP contribution in [-0.4, -0.2) is 45.6 Å². The molecular weight excluding hydrogens is 290 g/mol. The van der Waals surface area contributed by atoms with Gasteiger partial charge in [-0.15, -0.1) is 0 Å². The number of aryl methyl sites for hydroxylation is 1. The number of imidazole rings is 1. The molecule has 1 N–H and O–H groups in total. The Balaban J connectivity index is 1.68. The van der Waals surface area contributed by atoms with Gasteiger partial charge in [0.05, 0.1) is 13.1 Å². The zero-order chi connectivity index (χ0) is 15.6. The molecule has 1 aliphatic heterocycles. The lowest BCUT2D eigenvalue weighted by molar-refractivity contribution is 0.225. The van der Waals surface area contributed by atoms with Gasteiger partial charge in [0.15, 0.2) is 5.65 Å². The summed E-state index contributed by atoms with van der Waals surface area (Å²) in [6, 6.07) is 7.98. The van der Waals surface area contributed by atoms with Gasteiger partial charge in [-0.05, 0) is 31.2 Å². The molecule has 0 atom stereocenters. The van der Waals surface area contributed by atoms with Gasteiger partial charge in [0.2, 0.25) is 0 Å². The number of pyridine rings is 1. The highest BCUT2D eigenvalue weighted by atomic mass is 16.3. The summed E-state index contributed by atoms with van der Waals surface area (Å²) in [6.07, 6.45) is 1.82. The second-order valence-corrected chi connectivity index (χ2v) is 6.00. The van der Waals surface area contributed by atoms with E-state index in [0.29, 0.717) is 6.54 Å². The van der Waals surface area contributed by atoms with E-state index in [0.717, 1.165) is 61.2 Å². The highest BCUT2D eigenvalue weighted by Gasteiger charge is 2.17. The summed E-state index contributed by atoms with van der Waals surface area (Å²) >= 11 is 0.